The summed E-state index contributed by atoms with van der Waals surface area (Å²) in [7, 11) is 0. The van der Waals surface area contributed by atoms with Crippen molar-refractivity contribution in [2.75, 3.05) is 26.4 Å². The van der Waals surface area contributed by atoms with Crippen molar-refractivity contribution in [1.82, 2.24) is 0 Å². The summed E-state index contributed by atoms with van der Waals surface area (Å²) >= 11 is 0. The van der Waals surface area contributed by atoms with Crippen molar-refractivity contribution in [3.63, 3.8) is 0 Å². The van der Waals surface area contributed by atoms with Gasteiger partial charge in [-0.2, -0.15) is 0 Å². The Bertz CT molecular complexity index is 1820. The zero-order chi connectivity index (χ0) is 49.7. The number of aromatic carboxylic acids is 3. The molecule has 0 bridgehead atoms. The number of carbonyl (C=O) groups excluding carboxylic acids is 3. The zero-order valence-corrected chi connectivity index (χ0v) is 40.3. The molecule has 0 aliphatic heterocycles. The van der Waals surface area contributed by atoms with Crippen LogP contribution in [0.2, 0.25) is 0 Å². The predicted molar refractivity (Wildman–Crippen MR) is 259 cm³/mol. The third kappa shape index (κ3) is 28.1. The maximum absolute atomic E-state index is 12.8. The van der Waals surface area contributed by atoms with Gasteiger partial charge in [0.2, 0.25) is 0 Å². The lowest BCUT2D eigenvalue weighted by molar-refractivity contribution is -0.191. The Morgan fingerprint density at radius 2 is 0.594 bits per heavy atom. The highest BCUT2D eigenvalue weighted by molar-refractivity contribution is 5.88. The van der Waals surface area contributed by atoms with Crippen LogP contribution >= 0.6 is 0 Å². The highest BCUT2D eigenvalue weighted by atomic mass is 16.7. The number of unbranched alkanes of at least 4 members (excludes halogenated alkanes) is 18. The van der Waals surface area contributed by atoms with Gasteiger partial charge in [-0.1, -0.05) is 96.3 Å². The first-order valence-electron chi connectivity index (χ1n) is 24.9. The molecule has 69 heavy (non-hydrogen) atoms. The fraction of sp³-hybridized carbons (Fsp3) is 0.556. The first-order valence-corrected chi connectivity index (χ1v) is 24.9. The van der Waals surface area contributed by atoms with Gasteiger partial charge in [-0.05, 0) is 111 Å². The van der Waals surface area contributed by atoms with Crippen LogP contribution < -0.4 is 14.2 Å². The van der Waals surface area contributed by atoms with Crippen LogP contribution in [0.4, 0.5) is 0 Å². The van der Waals surface area contributed by atoms with E-state index in [2.05, 4.69) is 0 Å². The summed E-state index contributed by atoms with van der Waals surface area (Å²) in [5, 5.41) is 27.0. The van der Waals surface area contributed by atoms with Gasteiger partial charge in [0.1, 0.15) is 17.2 Å². The highest BCUT2D eigenvalue weighted by Gasteiger charge is 2.20. The summed E-state index contributed by atoms with van der Waals surface area (Å²) in [5.41, 5.74) is 0.665. The van der Waals surface area contributed by atoms with E-state index in [1.807, 2.05) is 0 Å². The molecule has 0 heterocycles. The van der Waals surface area contributed by atoms with Gasteiger partial charge in [-0.25, -0.2) is 14.4 Å². The molecule has 3 aromatic rings. The molecule has 0 aliphatic carbocycles. The number of hydrogen-bond donors (Lipinski definition) is 3. The SMILES string of the molecule is O=C(CCCCCCCCCOc1ccc(C(=O)O)cc1)OCCC(OC(=O)CCCCCCCCCOc1ccc(C(=O)O)cc1)OC(=O)CCCCCCCCCOc1ccc(C(=O)O)cc1. The molecule has 0 fully saturated rings. The van der Waals surface area contributed by atoms with Crippen molar-refractivity contribution in [2.45, 2.75) is 167 Å². The van der Waals surface area contributed by atoms with Crippen LogP contribution in [0, 0.1) is 0 Å². The Labute approximate surface area is 407 Å². The second kappa shape index (κ2) is 35.9. The maximum Gasteiger partial charge on any atom is 0.335 e. The molecular formula is C54H74O15. The average molecular weight is 963 g/mol. The monoisotopic (exact) mass is 963 g/mol. The van der Waals surface area contributed by atoms with E-state index in [1.54, 1.807) is 36.4 Å². The predicted octanol–water partition coefficient (Wildman–Crippen LogP) is 12.0. The average Bonchev–Trinajstić information content (AvgIpc) is 3.33. The number of carboxylic acids is 3. The third-order valence-corrected chi connectivity index (χ3v) is 11.3. The Balaban J connectivity index is 1.25. The van der Waals surface area contributed by atoms with Gasteiger partial charge in [0.25, 0.3) is 6.29 Å². The number of rotatable bonds is 41. The summed E-state index contributed by atoms with van der Waals surface area (Å²) in [6.07, 6.45) is 18.9. The van der Waals surface area contributed by atoms with Gasteiger partial charge >= 0.3 is 35.8 Å². The molecule has 15 heteroatoms. The summed E-state index contributed by atoms with van der Waals surface area (Å²) in [6, 6.07) is 19.1. The summed E-state index contributed by atoms with van der Waals surface area (Å²) in [5.74, 6) is -2.25. The lowest BCUT2D eigenvalue weighted by atomic mass is 10.1. The largest absolute Gasteiger partial charge is 0.494 e. The Hall–Kier alpha value is -6.12. The van der Waals surface area contributed by atoms with Crippen LogP contribution in [0.25, 0.3) is 0 Å². The molecule has 15 nitrogen and oxygen atoms in total. The molecule has 0 saturated carbocycles. The van der Waals surface area contributed by atoms with Gasteiger partial charge in [0, 0.05) is 19.3 Å². The van der Waals surface area contributed by atoms with E-state index in [0.717, 1.165) is 116 Å². The number of carbonyl (C=O) groups is 6. The van der Waals surface area contributed by atoms with Crippen molar-refractivity contribution < 1.29 is 72.5 Å². The number of carboxylic acid groups (broad SMARTS) is 3. The first-order chi connectivity index (χ1) is 33.5. The molecule has 380 valence electrons. The summed E-state index contributed by atoms with van der Waals surface area (Å²) in [4.78, 5) is 71.1. The normalized spacial score (nSPS) is 10.9. The minimum Gasteiger partial charge on any atom is -0.494 e. The summed E-state index contributed by atoms with van der Waals surface area (Å²) in [6.45, 7) is 1.63. The quantitative estimate of drug-likeness (QED) is 0.0274. The molecule has 0 amide bonds. The van der Waals surface area contributed by atoms with Crippen molar-refractivity contribution in [2.24, 2.45) is 0 Å². The molecule has 3 rings (SSSR count). The molecule has 0 aliphatic rings. The molecule has 0 radical (unpaired) electrons. The minimum atomic E-state index is -1.14. The van der Waals surface area contributed by atoms with Gasteiger partial charge in [0.15, 0.2) is 0 Å². The number of esters is 3. The van der Waals surface area contributed by atoms with Gasteiger partial charge in [-0.3, -0.25) is 14.4 Å². The van der Waals surface area contributed by atoms with Crippen LogP contribution in [0.3, 0.4) is 0 Å². The number of ether oxygens (including phenoxy) is 6. The fourth-order valence-corrected chi connectivity index (χ4v) is 7.31. The number of benzene rings is 3. The van der Waals surface area contributed by atoms with Crippen LogP contribution in [0.15, 0.2) is 72.8 Å². The third-order valence-electron chi connectivity index (χ3n) is 11.3. The van der Waals surface area contributed by atoms with Crippen LogP contribution in [-0.4, -0.2) is 83.9 Å². The minimum absolute atomic E-state index is 0.0417. The van der Waals surface area contributed by atoms with E-state index in [9.17, 15) is 28.8 Å². The van der Waals surface area contributed by atoms with E-state index in [-0.39, 0.29) is 54.9 Å². The molecule has 0 saturated heterocycles. The Morgan fingerprint density at radius 3 is 0.884 bits per heavy atom. The molecule has 0 aromatic heterocycles. The van der Waals surface area contributed by atoms with Crippen LogP contribution in [0.5, 0.6) is 17.2 Å². The standard InChI is InChI=1S/C54H74O15/c55-48(22-16-10-4-1-7-13-19-38-64-45-31-25-42(26-32-45)52(58)59)67-41-37-51(68-49(56)23-17-11-5-2-8-14-20-39-65-46-33-27-43(28-34-46)53(60)61)69-50(57)24-18-12-6-3-9-15-21-40-66-47-35-29-44(30-36-47)54(62)63/h25-36,51H,1-24,37-41H2,(H,58,59)(H,60,61)(H,62,63). The van der Waals surface area contributed by atoms with E-state index >= 15 is 0 Å². The van der Waals surface area contributed by atoms with Crippen molar-refractivity contribution in [3.8, 4) is 17.2 Å². The molecule has 0 unspecified atom stereocenters. The van der Waals surface area contributed by atoms with E-state index in [1.165, 1.54) is 36.4 Å². The lowest BCUT2D eigenvalue weighted by Crippen LogP contribution is -2.26. The Morgan fingerprint density at radius 1 is 0.333 bits per heavy atom. The van der Waals surface area contributed by atoms with Gasteiger partial charge < -0.3 is 43.7 Å². The highest BCUT2D eigenvalue weighted by Crippen LogP contribution is 2.18. The first kappa shape index (κ1) is 57.2. The zero-order valence-electron chi connectivity index (χ0n) is 40.3. The second-order valence-electron chi connectivity index (χ2n) is 17.1. The van der Waals surface area contributed by atoms with E-state index in [0.29, 0.717) is 56.3 Å². The fourth-order valence-electron chi connectivity index (χ4n) is 7.31. The molecule has 0 atom stereocenters. The van der Waals surface area contributed by atoms with E-state index in [4.69, 9.17) is 43.7 Å². The van der Waals surface area contributed by atoms with Gasteiger partial charge in [0.05, 0.1) is 49.5 Å². The van der Waals surface area contributed by atoms with E-state index < -0.39 is 36.1 Å². The van der Waals surface area contributed by atoms with Crippen molar-refractivity contribution >= 4 is 35.8 Å². The lowest BCUT2D eigenvalue weighted by Gasteiger charge is -2.18. The maximum atomic E-state index is 12.8. The van der Waals surface area contributed by atoms with Crippen LogP contribution in [-0.2, 0) is 28.6 Å². The Kier molecular flexibility index (Phi) is 29.8. The topological polar surface area (TPSA) is 218 Å². The summed E-state index contributed by atoms with van der Waals surface area (Å²) < 4.78 is 33.7. The molecule has 3 aromatic carbocycles. The molecular weight excluding hydrogens is 889 g/mol. The smallest absolute Gasteiger partial charge is 0.335 e. The van der Waals surface area contributed by atoms with Crippen molar-refractivity contribution in [3.05, 3.63) is 89.5 Å². The molecule has 0 spiro atoms. The van der Waals surface area contributed by atoms with Crippen molar-refractivity contribution in [1.29, 1.82) is 0 Å². The second-order valence-corrected chi connectivity index (χ2v) is 17.1. The van der Waals surface area contributed by atoms with Crippen LogP contribution in [0.1, 0.15) is 192 Å². The number of hydrogen-bond acceptors (Lipinski definition) is 12. The van der Waals surface area contributed by atoms with Gasteiger partial charge in [-0.15, -0.1) is 0 Å². The molecule has 3 N–H and O–H groups in total.